The molecule has 1 aliphatic rings. The Morgan fingerprint density at radius 1 is 1.08 bits per heavy atom. The van der Waals surface area contributed by atoms with Crippen molar-refractivity contribution in [3.05, 3.63) is 54.1 Å². The molecule has 0 bridgehead atoms. The number of rotatable bonds is 7. The third kappa shape index (κ3) is 4.28. The molecule has 1 heterocycles. The fourth-order valence-electron chi connectivity index (χ4n) is 4.00. The summed E-state index contributed by atoms with van der Waals surface area (Å²) in [6.07, 6.45) is 14.1. The van der Waals surface area contributed by atoms with Crippen molar-refractivity contribution in [3.63, 3.8) is 0 Å². The first-order valence-corrected chi connectivity index (χ1v) is 9.58. The topological polar surface area (TPSA) is 17.8 Å². The van der Waals surface area contributed by atoms with Gasteiger partial charge in [-0.15, -0.1) is 0 Å². The van der Waals surface area contributed by atoms with Crippen LogP contribution in [0.25, 0.3) is 0 Å². The van der Waals surface area contributed by atoms with Crippen LogP contribution in [0, 0.1) is 5.92 Å². The molecule has 0 saturated heterocycles. The molecule has 1 aliphatic carbocycles. The van der Waals surface area contributed by atoms with E-state index < -0.39 is 6.05 Å². The summed E-state index contributed by atoms with van der Waals surface area (Å²) in [5, 5.41) is 0. The average molecular weight is 346 g/mol. The molecule has 4 heteroatoms. The predicted octanol–water partition coefficient (Wildman–Crippen LogP) is 6.33. The minimum atomic E-state index is -3.05. The second-order valence-corrected chi connectivity index (χ2v) is 7.35. The number of unbranched alkanes of at least 4 members (excludes halogenated alkanes) is 2. The van der Waals surface area contributed by atoms with Gasteiger partial charge in [-0.25, -0.2) is 4.98 Å². The Balaban J connectivity index is 1.58. The molecule has 136 valence electrons. The van der Waals surface area contributed by atoms with Crippen LogP contribution in [0.4, 0.5) is 8.78 Å². The summed E-state index contributed by atoms with van der Waals surface area (Å²) in [4.78, 5) is 3.72. The maximum Gasteiger partial charge on any atom is 0.357 e. The molecule has 0 unspecified atom stereocenters. The van der Waals surface area contributed by atoms with E-state index in [9.17, 15) is 8.78 Å². The van der Waals surface area contributed by atoms with Gasteiger partial charge in [0.1, 0.15) is 0 Å². The number of benzene rings is 1. The molecule has 0 N–H and O–H groups in total. The van der Waals surface area contributed by atoms with Crippen LogP contribution in [-0.4, -0.2) is 9.55 Å². The van der Waals surface area contributed by atoms with Crippen molar-refractivity contribution in [2.75, 3.05) is 0 Å². The molecule has 1 aromatic carbocycles. The highest BCUT2D eigenvalue weighted by atomic mass is 19.3. The number of aromatic nitrogens is 2. The fourth-order valence-corrected chi connectivity index (χ4v) is 4.00. The highest BCUT2D eigenvalue weighted by Gasteiger charge is 2.33. The molecule has 0 radical (unpaired) electrons. The lowest BCUT2D eigenvalue weighted by molar-refractivity contribution is -0.0365. The number of imidazole rings is 1. The summed E-state index contributed by atoms with van der Waals surface area (Å²) in [6, 6.07) is 3.88. The zero-order chi connectivity index (χ0) is 17.7. The van der Waals surface area contributed by atoms with Crippen LogP contribution in [0.15, 0.2) is 43.0 Å². The van der Waals surface area contributed by atoms with E-state index >= 15 is 0 Å². The molecule has 1 aromatic heterocycles. The van der Waals surface area contributed by atoms with Gasteiger partial charge in [0.2, 0.25) is 0 Å². The molecule has 25 heavy (non-hydrogen) atoms. The summed E-state index contributed by atoms with van der Waals surface area (Å²) in [5.74, 6) is 1.39. The molecule has 0 atom stereocenters. The largest absolute Gasteiger partial charge is 0.357 e. The molecular formula is C21H28F2N2. The quantitative estimate of drug-likeness (QED) is 0.535. The standard InChI is InChI=1S/C21H28F2N2/c1-2-3-4-5-17-6-8-18(9-7-17)19-10-12-20(13-11-19)21(22,23)25-15-14-24-16-25/h10-18H,2-9H2,1H3. The summed E-state index contributed by atoms with van der Waals surface area (Å²) >= 11 is 0. The van der Waals surface area contributed by atoms with Gasteiger partial charge in [0.15, 0.2) is 0 Å². The minimum Gasteiger partial charge on any atom is -0.274 e. The monoisotopic (exact) mass is 346 g/mol. The fraction of sp³-hybridized carbons (Fsp3) is 0.571. The zero-order valence-electron chi connectivity index (χ0n) is 15.0. The molecule has 0 spiro atoms. The molecule has 1 fully saturated rings. The number of nitrogens with zero attached hydrogens (tertiary/aromatic N) is 2. The van der Waals surface area contributed by atoms with Crippen molar-refractivity contribution in [2.45, 2.75) is 70.3 Å². The van der Waals surface area contributed by atoms with Crippen molar-refractivity contribution < 1.29 is 8.78 Å². The third-order valence-electron chi connectivity index (χ3n) is 5.62. The maximum absolute atomic E-state index is 14.4. The Bertz CT molecular complexity index is 626. The Kier molecular flexibility index (Phi) is 5.87. The van der Waals surface area contributed by atoms with Crippen molar-refractivity contribution in [1.29, 1.82) is 0 Å². The van der Waals surface area contributed by atoms with Crippen LogP contribution in [0.2, 0.25) is 0 Å². The molecule has 0 aliphatic heterocycles. The number of alkyl halides is 2. The molecule has 3 rings (SSSR count). The molecule has 2 aromatic rings. The Morgan fingerprint density at radius 2 is 1.80 bits per heavy atom. The van der Waals surface area contributed by atoms with Crippen molar-refractivity contribution in [3.8, 4) is 0 Å². The molecule has 1 saturated carbocycles. The second-order valence-electron chi connectivity index (χ2n) is 7.35. The van der Waals surface area contributed by atoms with Gasteiger partial charge < -0.3 is 0 Å². The van der Waals surface area contributed by atoms with Gasteiger partial charge >= 0.3 is 6.05 Å². The van der Waals surface area contributed by atoms with Crippen LogP contribution in [0.5, 0.6) is 0 Å². The average Bonchev–Trinajstić information content (AvgIpc) is 3.18. The lowest BCUT2D eigenvalue weighted by atomic mass is 9.77. The van der Waals surface area contributed by atoms with Gasteiger partial charge in [-0.05, 0) is 43.1 Å². The second kappa shape index (κ2) is 8.11. The van der Waals surface area contributed by atoms with Crippen LogP contribution in [0.1, 0.15) is 75.3 Å². The van der Waals surface area contributed by atoms with E-state index in [0.29, 0.717) is 5.92 Å². The Morgan fingerprint density at radius 3 is 2.40 bits per heavy atom. The van der Waals surface area contributed by atoms with Gasteiger partial charge in [0.25, 0.3) is 0 Å². The third-order valence-corrected chi connectivity index (χ3v) is 5.62. The normalized spacial score (nSPS) is 21.4. The van der Waals surface area contributed by atoms with Gasteiger partial charge in [-0.1, -0.05) is 56.9 Å². The Labute approximate surface area is 149 Å². The summed E-state index contributed by atoms with van der Waals surface area (Å²) in [5.41, 5.74) is 1.22. The Hall–Kier alpha value is -1.71. The smallest absolute Gasteiger partial charge is 0.274 e. The molecule has 2 nitrogen and oxygen atoms in total. The lowest BCUT2D eigenvalue weighted by Gasteiger charge is -2.29. The summed E-state index contributed by atoms with van der Waals surface area (Å²) in [6.45, 7) is 2.25. The van der Waals surface area contributed by atoms with E-state index in [0.717, 1.165) is 16.8 Å². The SMILES string of the molecule is CCCCCC1CCC(c2ccc(C(F)(F)n3ccnc3)cc2)CC1. The van der Waals surface area contributed by atoms with Crippen LogP contribution >= 0.6 is 0 Å². The van der Waals surface area contributed by atoms with Crippen molar-refractivity contribution >= 4 is 0 Å². The minimum absolute atomic E-state index is 0.0162. The maximum atomic E-state index is 14.4. The summed E-state index contributed by atoms with van der Waals surface area (Å²) < 4.78 is 29.7. The van der Waals surface area contributed by atoms with Crippen LogP contribution in [0.3, 0.4) is 0 Å². The van der Waals surface area contributed by atoms with Gasteiger partial charge in [0, 0.05) is 18.0 Å². The zero-order valence-corrected chi connectivity index (χ0v) is 15.0. The van der Waals surface area contributed by atoms with Crippen molar-refractivity contribution in [1.82, 2.24) is 9.55 Å². The lowest BCUT2D eigenvalue weighted by Crippen LogP contribution is -2.23. The molecule has 0 amide bonds. The molecular weight excluding hydrogens is 318 g/mol. The first-order chi connectivity index (χ1) is 12.1. The van der Waals surface area contributed by atoms with Crippen molar-refractivity contribution in [2.24, 2.45) is 5.92 Å². The predicted molar refractivity (Wildman–Crippen MR) is 96.8 cm³/mol. The van der Waals surface area contributed by atoms with Crippen LogP contribution < -0.4 is 0 Å². The van der Waals surface area contributed by atoms with Gasteiger partial charge in [0.05, 0.1) is 6.33 Å². The highest BCUT2D eigenvalue weighted by molar-refractivity contribution is 5.28. The van der Waals surface area contributed by atoms with E-state index in [-0.39, 0.29) is 5.56 Å². The number of hydrogen-bond acceptors (Lipinski definition) is 1. The van der Waals surface area contributed by atoms with Gasteiger partial charge in [-0.3, -0.25) is 4.57 Å². The van der Waals surface area contributed by atoms with E-state index in [1.165, 1.54) is 69.3 Å². The first kappa shape index (κ1) is 18.1. The van der Waals surface area contributed by atoms with E-state index in [1.807, 2.05) is 12.1 Å². The van der Waals surface area contributed by atoms with E-state index in [4.69, 9.17) is 0 Å². The number of halogens is 2. The first-order valence-electron chi connectivity index (χ1n) is 9.58. The van der Waals surface area contributed by atoms with Crippen LogP contribution in [-0.2, 0) is 6.05 Å². The summed E-state index contributed by atoms with van der Waals surface area (Å²) in [7, 11) is 0. The van der Waals surface area contributed by atoms with E-state index in [1.54, 1.807) is 12.1 Å². The van der Waals surface area contributed by atoms with E-state index in [2.05, 4.69) is 11.9 Å². The van der Waals surface area contributed by atoms with Gasteiger partial charge in [-0.2, -0.15) is 8.78 Å². The number of hydrogen-bond donors (Lipinski definition) is 0. The highest BCUT2D eigenvalue weighted by Crippen LogP contribution is 2.38.